The van der Waals surface area contributed by atoms with Gasteiger partial charge in [-0.2, -0.15) is 0 Å². The summed E-state index contributed by atoms with van der Waals surface area (Å²) in [6.45, 7) is 8.08. The zero-order valence-corrected chi connectivity index (χ0v) is 17.3. The SMILES string of the molecule is Cc1ccc(S(=O)(=O)n2c(-c3c(C)cc(C)cc3C)cc3ccccc32)cc1. The first-order valence-electron chi connectivity index (χ1n) is 9.30. The predicted octanol–water partition coefficient (Wildman–Crippen LogP) is 5.78. The van der Waals surface area contributed by atoms with Crippen molar-refractivity contribution in [2.45, 2.75) is 32.6 Å². The summed E-state index contributed by atoms with van der Waals surface area (Å²) >= 11 is 0. The van der Waals surface area contributed by atoms with E-state index in [4.69, 9.17) is 0 Å². The molecule has 1 aromatic heterocycles. The van der Waals surface area contributed by atoms with E-state index < -0.39 is 10.0 Å². The Balaban J connectivity index is 2.09. The molecule has 0 amide bonds. The minimum atomic E-state index is -3.74. The number of rotatable bonds is 3. The van der Waals surface area contributed by atoms with Crippen LogP contribution in [-0.2, 0) is 10.0 Å². The Morgan fingerprint density at radius 2 is 1.32 bits per heavy atom. The van der Waals surface area contributed by atoms with Gasteiger partial charge in [0.1, 0.15) is 0 Å². The fraction of sp³-hybridized carbons (Fsp3) is 0.167. The van der Waals surface area contributed by atoms with Crippen molar-refractivity contribution in [2.24, 2.45) is 0 Å². The first kappa shape index (κ1) is 18.5. The van der Waals surface area contributed by atoms with Crippen LogP contribution >= 0.6 is 0 Å². The maximum absolute atomic E-state index is 13.7. The average molecular weight is 390 g/mol. The molecule has 1 heterocycles. The molecule has 0 atom stereocenters. The second kappa shape index (κ2) is 6.64. The fourth-order valence-electron chi connectivity index (χ4n) is 3.96. The van der Waals surface area contributed by atoms with Gasteiger partial charge in [0, 0.05) is 10.9 Å². The van der Waals surface area contributed by atoms with E-state index in [1.165, 1.54) is 9.54 Å². The molecule has 0 aliphatic carbocycles. The van der Waals surface area contributed by atoms with Gasteiger partial charge in [0.05, 0.1) is 16.1 Å². The van der Waals surface area contributed by atoms with Gasteiger partial charge in [-0.1, -0.05) is 53.6 Å². The Morgan fingerprint density at radius 1 is 0.714 bits per heavy atom. The zero-order valence-electron chi connectivity index (χ0n) is 16.5. The molecule has 4 heteroatoms. The van der Waals surface area contributed by atoms with Crippen molar-refractivity contribution in [3.8, 4) is 11.3 Å². The van der Waals surface area contributed by atoms with E-state index in [1.807, 2.05) is 63.2 Å². The molecular weight excluding hydrogens is 366 g/mol. The molecule has 0 spiro atoms. The van der Waals surface area contributed by atoms with Gasteiger partial charge in [0.25, 0.3) is 10.0 Å². The van der Waals surface area contributed by atoms with Crippen LogP contribution in [0.3, 0.4) is 0 Å². The van der Waals surface area contributed by atoms with Crippen LogP contribution in [0, 0.1) is 27.7 Å². The van der Waals surface area contributed by atoms with Gasteiger partial charge < -0.3 is 0 Å². The van der Waals surface area contributed by atoms with Crippen molar-refractivity contribution >= 4 is 20.9 Å². The van der Waals surface area contributed by atoms with Crippen LogP contribution in [0.25, 0.3) is 22.2 Å². The minimum absolute atomic E-state index is 0.295. The van der Waals surface area contributed by atoms with Crippen molar-refractivity contribution in [1.82, 2.24) is 3.97 Å². The number of fused-ring (bicyclic) bond motifs is 1. The molecule has 142 valence electrons. The fourth-order valence-corrected chi connectivity index (χ4v) is 5.48. The molecule has 0 unspecified atom stereocenters. The Morgan fingerprint density at radius 3 is 1.96 bits per heavy atom. The molecule has 4 aromatic rings. The zero-order chi connectivity index (χ0) is 20.1. The monoisotopic (exact) mass is 389 g/mol. The van der Waals surface area contributed by atoms with Crippen LogP contribution in [0.1, 0.15) is 22.3 Å². The van der Waals surface area contributed by atoms with Crippen molar-refractivity contribution < 1.29 is 8.42 Å². The third-order valence-corrected chi connectivity index (χ3v) is 6.90. The lowest BCUT2D eigenvalue weighted by Gasteiger charge is -2.16. The molecule has 28 heavy (non-hydrogen) atoms. The summed E-state index contributed by atoms with van der Waals surface area (Å²) in [5.41, 5.74) is 6.71. The van der Waals surface area contributed by atoms with Crippen LogP contribution < -0.4 is 0 Å². The molecule has 0 saturated carbocycles. The lowest BCUT2D eigenvalue weighted by molar-refractivity contribution is 0.589. The van der Waals surface area contributed by atoms with E-state index >= 15 is 0 Å². The van der Waals surface area contributed by atoms with E-state index in [-0.39, 0.29) is 0 Å². The number of aromatic nitrogens is 1. The van der Waals surface area contributed by atoms with E-state index in [9.17, 15) is 8.42 Å². The highest BCUT2D eigenvalue weighted by Gasteiger charge is 2.25. The molecule has 0 aliphatic heterocycles. The average Bonchev–Trinajstić information content (AvgIpc) is 3.00. The normalized spacial score (nSPS) is 11.9. The number of hydrogen-bond acceptors (Lipinski definition) is 2. The van der Waals surface area contributed by atoms with Crippen LogP contribution in [0.5, 0.6) is 0 Å². The largest absolute Gasteiger partial charge is 0.268 e. The Hall–Kier alpha value is -2.85. The predicted molar refractivity (Wildman–Crippen MR) is 115 cm³/mol. The highest BCUT2D eigenvalue weighted by atomic mass is 32.2. The molecule has 0 bridgehead atoms. The first-order chi connectivity index (χ1) is 13.3. The summed E-state index contributed by atoms with van der Waals surface area (Å²) in [6, 6.07) is 20.8. The van der Waals surface area contributed by atoms with E-state index in [0.717, 1.165) is 27.6 Å². The van der Waals surface area contributed by atoms with Crippen molar-refractivity contribution in [3.63, 3.8) is 0 Å². The van der Waals surface area contributed by atoms with Gasteiger partial charge in [-0.3, -0.25) is 0 Å². The van der Waals surface area contributed by atoms with Crippen LogP contribution in [0.15, 0.2) is 71.6 Å². The lowest BCUT2D eigenvalue weighted by Crippen LogP contribution is -2.14. The van der Waals surface area contributed by atoms with Gasteiger partial charge >= 0.3 is 0 Å². The standard InChI is InChI=1S/C24H23NO2S/c1-16-9-11-21(12-10-16)28(26,27)25-22-8-6-5-7-20(22)15-23(25)24-18(3)13-17(2)14-19(24)4/h5-15H,1-4H3. The highest BCUT2D eigenvalue weighted by molar-refractivity contribution is 7.90. The lowest BCUT2D eigenvalue weighted by atomic mass is 9.97. The summed E-state index contributed by atoms with van der Waals surface area (Å²) in [5, 5.41) is 0.910. The van der Waals surface area contributed by atoms with Crippen molar-refractivity contribution in [1.29, 1.82) is 0 Å². The maximum Gasteiger partial charge on any atom is 0.268 e. The molecule has 3 aromatic carbocycles. The van der Waals surface area contributed by atoms with Gasteiger partial charge in [-0.15, -0.1) is 0 Å². The maximum atomic E-state index is 13.7. The van der Waals surface area contributed by atoms with E-state index in [1.54, 1.807) is 12.1 Å². The molecule has 0 fully saturated rings. The van der Waals surface area contributed by atoms with Gasteiger partial charge in [-0.05, 0) is 63.1 Å². The smallest absolute Gasteiger partial charge is 0.233 e. The summed E-state index contributed by atoms with van der Waals surface area (Å²) in [5.74, 6) is 0. The molecule has 0 aliphatic rings. The van der Waals surface area contributed by atoms with Crippen molar-refractivity contribution in [2.75, 3.05) is 0 Å². The molecule has 0 N–H and O–H groups in total. The van der Waals surface area contributed by atoms with Crippen molar-refractivity contribution in [3.05, 3.63) is 89.0 Å². The third-order valence-electron chi connectivity index (χ3n) is 5.16. The Labute approximate surface area is 166 Å². The van der Waals surface area contributed by atoms with Crippen LogP contribution in [-0.4, -0.2) is 12.4 Å². The van der Waals surface area contributed by atoms with E-state index in [0.29, 0.717) is 16.1 Å². The molecular formula is C24H23NO2S. The summed E-state index contributed by atoms with van der Waals surface area (Å²) in [4.78, 5) is 0.295. The van der Waals surface area contributed by atoms with Gasteiger partial charge in [0.15, 0.2) is 0 Å². The quantitative estimate of drug-likeness (QED) is 0.445. The van der Waals surface area contributed by atoms with Gasteiger partial charge in [-0.25, -0.2) is 12.4 Å². The Kier molecular flexibility index (Phi) is 4.39. The Bertz CT molecular complexity index is 1270. The third kappa shape index (κ3) is 2.94. The number of benzene rings is 3. The number of para-hydroxylation sites is 1. The van der Waals surface area contributed by atoms with Crippen LogP contribution in [0.4, 0.5) is 0 Å². The summed E-state index contributed by atoms with van der Waals surface area (Å²) in [7, 11) is -3.74. The molecule has 0 radical (unpaired) electrons. The number of aryl methyl sites for hydroxylation is 4. The highest BCUT2D eigenvalue weighted by Crippen LogP contribution is 2.36. The van der Waals surface area contributed by atoms with Gasteiger partial charge in [0.2, 0.25) is 0 Å². The van der Waals surface area contributed by atoms with E-state index in [2.05, 4.69) is 19.1 Å². The first-order valence-corrected chi connectivity index (χ1v) is 10.7. The summed E-state index contributed by atoms with van der Waals surface area (Å²) < 4.78 is 28.8. The number of hydrogen-bond donors (Lipinski definition) is 0. The molecule has 0 saturated heterocycles. The minimum Gasteiger partial charge on any atom is -0.233 e. The number of nitrogens with zero attached hydrogens (tertiary/aromatic N) is 1. The second-order valence-corrected chi connectivity index (χ2v) is 9.23. The second-order valence-electron chi connectivity index (χ2n) is 7.44. The topological polar surface area (TPSA) is 39.1 Å². The van der Waals surface area contributed by atoms with Crippen LogP contribution in [0.2, 0.25) is 0 Å². The molecule has 4 rings (SSSR count). The summed E-state index contributed by atoms with van der Waals surface area (Å²) in [6.07, 6.45) is 0. The molecule has 3 nitrogen and oxygen atoms in total.